The van der Waals surface area contributed by atoms with Crippen LogP contribution in [-0.4, -0.2) is 37.3 Å². The van der Waals surface area contributed by atoms with Crippen LogP contribution in [0, 0.1) is 11.3 Å². The van der Waals surface area contributed by atoms with Crippen molar-refractivity contribution in [2.45, 2.75) is 4.90 Å². The van der Waals surface area contributed by atoms with Gasteiger partial charge in [-0.3, -0.25) is 0 Å². The van der Waals surface area contributed by atoms with Crippen molar-refractivity contribution in [2.24, 2.45) is 0 Å². The van der Waals surface area contributed by atoms with Crippen LogP contribution in [0.4, 0.5) is 0 Å². The van der Waals surface area contributed by atoms with Crippen molar-refractivity contribution in [3.63, 3.8) is 0 Å². The summed E-state index contributed by atoms with van der Waals surface area (Å²) < 4.78 is 26.3. The summed E-state index contributed by atoms with van der Waals surface area (Å²) in [6.45, 7) is 0.953. The molecule has 0 unspecified atom stereocenters. The Morgan fingerprint density at radius 1 is 1.33 bits per heavy atom. The summed E-state index contributed by atoms with van der Waals surface area (Å²) in [6, 6.07) is 6.37. The molecule has 0 aromatic heterocycles. The molecule has 0 aliphatic carbocycles. The smallest absolute Gasteiger partial charge is 0.207 e. The van der Waals surface area contributed by atoms with E-state index in [-0.39, 0.29) is 15.5 Å². The molecule has 0 spiro atoms. The van der Waals surface area contributed by atoms with Crippen molar-refractivity contribution >= 4 is 33.4 Å². The zero-order valence-electron chi connectivity index (χ0n) is 9.47. The Kier molecular flexibility index (Phi) is 4.17. The third-order valence-corrected chi connectivity index (χ3v) is 5.87. The average Bonchev–Trinajstić information content (AvgIpc) is 2.39. The summed E-state index contributed by atoms with van der Waals surface area (Å²) in [5, 5.41) is 9.21. The van der Waals surface area contributed by atoms with E-state index >= 15 is 0 Å². The van der Waals surface area contributed by atoms with E-state index in [0.717, 1.165) is 11.5 Å². The van der Waals surface area contributed by atoms with Gasteiger partial charge in [0.2, 0.25) is 10.0 Å². The highest BCUT2D eigenvalue weighted by Gasteiger charge is 2.29. The standard InChI is InChI=1S/C11H11ClN2O2S2/c12-10-2-1-3-11(9(10)8-13)18(15,16)14-4-6-17-7-5-14/h1-3H,4-7H2. The van der Waals surface area contributed by atoms with Gasteiger partial charge < -0.3 is 0 Å². The van der Waals surface area contributed by atoms with Gasteiger partial charge in [0.05, 0.1) is 10.6 Å². The molecule has 1 aromatic carbocycles. The minimum absolute atomic E-state index is 0.00407. The quantitative estimate of drug-likeness (QED) is 0.838. The van der Waals surface area contributed by atoms with Crippen molar-refractivity contribution in [2.75, 3.05) is 24.6 Å². The molecular weight excluding hydrogens is 292 g/mol. The molecule has 0 saturated carbocycles. The molecule has 0 atom stereocenters. The number of halogens is 1. The van der Waals surface area contributed by atoms with Gasteiger partial charge in [-0.25, -0.2) is 8.42 Å². The highest BCUT2D eigenvalue weighted by atomic mass is 35.5. The van der Waals surface area contributed by atoms with Gasteiger partial charge in [0.25, 0.3) is 0 Å². The lowest BCUT2D eigenvalue weighted by Gasteiger charge is -2.26. The van der Waals surface area contributed by atoms with Crippen molar-refractivity contribution in [1.29, 1.82) is 5.26 Å². The van der Waals surface area contributed by atoms with Crippen LogP contribution >= 0.6 is 23.4 Å². The molecule has 0 bridgehead atoms. The third-order valence-electron chi connectivity index (χ3n) is 2.68. The number of rotatable bonds is 2. The van der Waals surface area contributed by atoms with Crippen LogP contribution in [0.1, 0.15) is 5.56 Å². The zero-order valence-corrected chi connectivity index (χ0v) is 11.9. The molecule has 2 rings (SSSR count). The van der Waals surface area contributed by atoms with Crippen LogP contribution in [0.5, 0.6) is 0 Å². The van der Waals surface area contributed by atoms with E-state index in [9.17, 15) is 8.42 Å². The van der Waals surface area contributed by atoms with E-state index < -0.39 is 10.0 Å². The Hall–Kier alpha value is -0.740. The van der Waals surface area contributed by atoms with Crippen LogP contribution in [0.25, 0.3) is 0 Å². The van der Waals surface area contributed by atoms with Crippen molar-refractivity contribution < 1.29 is 8.42 Å². The Bertz CT molecular complexity index is 590. The fraction of sp³-hybridized carbons (Fsp3) is 0.364. The van der Waals surface area contributed by atoms with E-state index in [4.69, 9.17) is 16.9 Å². The summed E-state index contributed by atoms with van der Waals surface area (Å²) in [5.41, 5.74) is 0.0254. The number of nitrogens with zero attached hydrogens (tertiary/aromatic N) is 2. The predicted octanol–water partition coefficient (Wildman–Crippen LogP) is 1.95. The van der Waals surface area contributed by atoms with E-state index in [0.29, 0.717) is 13.1 Å². The first-order valence-corrected chi connectivity index (χ1v) is 8.31. The molecule has 4 nitrogen and oxygen atoms in total. The van der Waals surface area contributed by atoms with E-state index in [1.807, 2.05) is 6.07 Å². The summed E-state index contributed by atoms with van der Waals surface area (Å²) in [6.07, 6.45) is 0. The lowest BCUT2D eigenvalue weighted by molar-refractivity contribution is 0.443. The summed E-state index contributed by atoms with van der Waals surface area (Å²) in [4.78, 5) is 0.00407. The largest absolute Gasteiger partial charge is 0.244 e. The SMILES string of the molecule is N#Cc1c(Cl)cccc1S(=O)(=O)N1CCSCC1. The minimum atomic E-state index is -3.61. The zero-order chi connectivity index (χ0) is 13.2. The fourth-order valence-electron chi connectivity index (χ4n) is 1.75. The topological polar surface area (TPSA) is 61.2 Å². The van der Waals surface area contributed by atoms with Crippen molar-refractivity contribution in [3.8, 4) is 6.07 Å². The maximum atomic E-state index is 12.4. The lowest BCUT2D eigenvalue weighted by atomic mass is 10.2. The normalized spacial score (nSPS) is 17.3. The Labute approximate surface area is 116 Å². The molecule has 1 aliphatic heterocycles. The number of nitriles is 1. The highest BCUT2D eigenvalue weighted by molar-refractivity contribution is 7.99. The van der Waals surface area contributed by atoms with Gasteiger partial charge in [-0.05, 0) is 12.1 Å². The Balaban J connectivity index is 2.48. The first-order chi connectivity index (χ1) is 8.57. The average molecular weight is 303 g/mol. The van der Waals surface area contributed by atoms with E-state index in [1.165, 1.54) is 16.4 Å². The summed E-state index contributed by atoms with van der Waals surface area (Å²) >= 11 is 7.59. The molecule has 1 aliphatic rings. The molecule has 1 saturated heterocycles. The molecule has 0 radical (unpaired) electrons. The number of hydrogen-bond donors (Lipinski definition) is 0. The molecule has 0 N–H and O–H groups in total. The summed E-state index contributed by atoms with van der Waals surface area (Å²) in [7, 11) is -3.61. The second kappa shape index (κ2) is 5.49. The maximum Gasteiger partial charge on any atom is 0.244 e. The van der Waals surface area contributed by atoms with Gasteiger partial charge in [0, 0.05) is 24.6 Å². The van der Waals surface area contributed by atoms with Crippen molar-refractivity contribution in [1.82, 2.24) is 4.31 Å². The van der Waals surface area contributed by atoms with Gasteiger partial charge >= 0.3 is 0 Å². The highest BCUT2D eigenvalue weighted by Crippen LogP contribution is 2.27. The molecule has 1 heterocycles. The maximum absolute atomic E-state index is 12.4. The van der Waals surface area contributed by atoms with Gasteiger partial charge in [0.1, 0.15) is 11.0 Å². The van der Waals surface area contributed by atoms with Gasteiger partial charge in [-0.15, -0.1) is 0 Å². The first-order valence-electron chi connectivity index (χ1n) is 5.34. The number of sulfonamides is 1. The van der Waals surface area contributed by atoms with Crippen LogP contribution in [-0.2, 0) is 10.0 Å². The summed E-state index contributed by atoms with van der Waals surface area (Å²) in [5.74, 6) is 1.56. The molecule has 96 valence electrons. The molecule has 0 amide bonds. The molecule has 18 heavy (non-hydrogen) atoms. The fourth-order valence-corrected chi connectivity index (χ4v) is 4.77. The molecular formula is C11H11ClN2O2S2. The van der Waals surface area contributed by atoms with Crippen LogP contribution in [0.2, 0.25) is 5.02 Å². The van der Waals surface area contributed by atoms with E-state index in [1.54, 1.807) is 17.8 Å². The van der Waals surface area contributed by atoms with Gasteiger partial charge in [-0.2, -0.15) is 21.3 Å². The first kappa shape index (κ1) is 13.7. The Morgan fingerprint density at radius 2 is 2.00 bits per heavy atom. The second-order valence-corrected chi connectivity index (χ2v) is 7.28. The third kappa shape index (κ3) is 2.50. The van der Waals surface area contributed by atoms with Crippen LogP contribution in [0.3, 0.4) is 0 Å². The van der Waals surface area contributed by atoms with Crippen LogP contribution in [0.15, 0.2) is 23.1 Å². The molecule has 1 aromatic rings. The molecule has 7 heteroatoms. The Morgan fingerprint density at radius 3 is 2.61 bits per heavy atom. The minimum Gasteiger partial charge on any atom is -0.207 e. The lowest BCUT2D eigenvalue weighted by Crippen LogP contribution is -2.38. The number of hydrogen-bond acceptors (Lipinski definition) is 4. The van der Waals surface area contributed by atoms with E-state index in [2.05, 4.69) is 0 Å². The van der Waals surface area contributed by atoms with Gasteiger partial charge in [-0.1, -0.05) is 17.7 Å². The second-order valence-electron chi connectivity index (χ2n) is 3.74. The molecule has 1 fully saturated rings. The number of benzene rings is 1. The predicted molar refractivity (Wildman–Crippen MR) is 72.3 cm³/mol. The van der Waals surface area contributed by atoms with Gasteiger partial charge in [0.15, 0.2) is 0 Å². The van der Waals surface area contributed by atoms with Crippen LogP contribution < -0.4 is 0 Å². The monoisotopic (exact) mass is 302 g/mol. The van der Waals surface area contributed by atoms with Crippen molar-refractivity contribution in [3.05, 3.63) is 28.8 Å². The number of thioether (sulfide) groups is 1.